The topological polar surface area (TPSA) is 88.0 Å². The fourth-order valence-corrected chi connectivity index (χ4v) is 0.946. The molecule has 0 amide bonds. The van der Waals surface area contributed by atoms with Crippen LogP contribution in [0.25, 0.3) is 10.4 Å². The number of pyridine rings is 1. The van der Waals surface area contributed by atoms with E-state index in [0.717, 1.165) is 0 Å². The van der Waals surface area contributed by atoms with E-state index in [9.17, 15) is 4.79 Å². The molecule has 6 nitrogen and oxygen atoms in total. The molecule has 0 atom stereocenters. The Balaban J connectivity index is 2.84. The summed E-state index contributed by atoms with van der Waals surface area (Å²) in [5.41, 5.74) is 8.93. The zero-order valence-electron chi connectivity index (χ0n) is 8.54. The maximum atomic E-state index is 11.2. The van der Waals surface area contributed by atoms with E-state index >= 15 is 0 Å². The minimum absolute atomic E-state index is 0.0823. The third-order valence-corrected chi connectivity index (χ3v) is 1.61. The van der Waals surface area contributed by atoms with E-state index in [-0.39, 0.29) is 6.54 Å². The summed E-state index contributed by atoms with van der Waals surface area (Å²) in [6, 6.07) is 1.56. The van der Waals surface area contributed by atoms with Crippen LogP contribution in [0.15, 0.2) is 23.6 Å². The first-order valence-electron chi connectivity index (χ1n) is 4.31. The number of carbonyl (C=O) groups is 1. The number of carbonyl (C=O) groups excluding carboxylic acids is 1. The van der Waals surface area contributed by atoms with Crippen molar-refractivity contribution in [1.29, 1.82) is 0 Å². The number of esters is 1. The van der Waals surface area contributed by atoms with Crippen LogP contribution in [0, 0.1) is 11.8 Å². The van der Waals surface area contributed by atoms with Crippen LogP contribution in [0.3, 0.4) is 0 Å². The molecule has 0 unspecified atom stereocenters. The SMILES string of the molecule is COC(=O)c1cncc(C#CCN=[N+]=[N-])c1. The highest BCUT2D eigenvalue weighted by Gasteiger charge is 2.04. The van der Waals surface area contributed by atoms with Gasteiger partial charge in [0, 0.05) is 22.9 Å². The standard InChI is InChI=1S/C10H8N4O2/c1-16-10(15)9-5-8(6-12-7-9)3-2-4-13-14-11/h5-7H,4H2,1H3. The lowest BCUT2D eigenvalue weighted by atomic mass is 10.2. The molecule has 0 aliphatic heterocycles. The minimum Gasteiger partial charge on any atom is -0.465 e. The number of rotatable bonds is 2. The number of ether oxygens (including phenoxy) is 1. The molecule has 0 N–H and O–H groups in total. The Kier molecular flexibility index (Phi) is 4.38. The molecule has 80 valence electrons. The second-order valence-electron chi connectivity index (χ2n) is 2.64. The Hall–Kier alpha value is -2.51. The molecule has 0 aliphatic carbocycles. The van der Waals surface area contributed by atoms with Crippen LogP contribution in [-0.2, 0) is 4.74 Å². The van der Waals surface area contributed by atoms with Crippen molar-refractivity contribution < 1.29 is 9.53 Å². The Morgan fingerprint density at radius 2 is 2.50 bits per heavy atom. The minimum atomic E-state index is -0.466. The molecule has 0 bridgehead atoms. The van der Waals surface area contributed by atoms with Crippen LogP contribution < -0.4 is 0 Å². The third-order valence-electron chi connectivity index (χ3n) is 1.61. The largest absolute Gasteiger partial charge is 0.465 e. The number of nitrogens with zero attached hydrogens (tertiary/aromatic N) is 4. The maximum Gasteiger partial charge on any atom is 0.339 e. The summed E-state index contributed by atoms with van der Waals surface area (Å²) in [5.74, 6) is 4.87. The molecule has 1 heterocycles. The Labute approximate surface area is 91.9 Å². The van der Waals surface area contributed by atoms with Gasteiger partial charge >= 0.3 is 5.97 Å². The Morgan fingerprint density at radius 3 is 3.19 bits per heavy atom. The average Bonchev–Trinajstić information content (AvgIpc) is 2.34. The normalized spacial score (nSPS) is 8.31. The molecule has 1 rings (SSSR count). The van der Waals surface area contributed by atoms with Crippen molar-refractivity contribution in [2.24, 2.45) is 5.11 Å². The van der Waals surface area contributed by atoms with Gasteiger partial charge in [-0.25, -0.2) is 4.79 Å². The molecular weight excluding hydrogens is 208 g/mol. The number of aromatic nitrogens is 1. The number of hydrogen-bond acceptors (Lipinski definition) is 4. The Morgan fingerprint density at radius 1 is 1.69 bits per heavy atom. The van der Waals surface area contributed by atoms with Gasteiger partial charge in [-0.15, -0.1) is 0 Å². The van der Waals surface area contributed by atoms with Crippen LogP contribution in [0.1, 0.15) is 15.9 Å². The molecule has 1 aromatic rings. The van der Waals surface area contributed by atoms with Gasteiger partial charge in [0.05, 0.1) is 19.2 Å². The average molecular weight is 216 g/mol. The van der Waals surface area contributed by atoms with Gasteiger partial charge in [-0.3, -0.25) is 4.98 Å². The molecule has 0 spiro atoms. The summed E-state index contributed by atoms with van der Waals surface area (Å²) in [6.45, 7) is 0.0823. The maximum absolute atomic E-state index is 11.2. The summed E-state index contributed by atoms with van der Waals surface area (Å²) < 4.78 is 4.54. The molecular formula is C10H8N4O2. The highest BCUT2D eigenvalue weighted by atomic mass is 16.5. The van der Waals surface area contributed by atoms with Crippen molar-refractivity contribution in [2.75, 3.05) is 13.7 Å². The number of hydrogen-bond donors (Lipinski definition) is 0. The molecule has 16 heavy (non-hydrogen) atoms. The van der Waals surface area contributed by atoms with Gasteiger partial charge in [0.1, 0.15) is 0 Å². The van der Waals surface area contributed by atoms with Crippen LogP contribution in [-0.4, -0.2) is 24.6 Å². The predicted octanol–water partition coefficient (Wildman–Crippen LogP) is 1.53. The van der Waals surface area contributed by atoms with E-state index in [0.29, 0.717) is 11.1 Å². The van der Waals surface area contributed by atoms with Crippen molar-refractivity contribution in [3.63, 3.8) is 0 Å². The van der Waals surface area contributed by atoms with Crippen LogP contribution in [0.5, 0.6) is 0 Å². The van der Waals surface area contributed by atoms with E-state index in [4.69, 9.17) is 5.53 Å². The number of methoxy groups -OCH3 is 1. The fraction of sp³-hybridized carbons (Fsp3) is 0.200. The van der Waals surface area contributed by atoms with Gasteiger partial charge in [0.2, 0.25) is 0 Å². The van der Waals surface area contributed by atoms with Crippen molar-refractivity contribution in [3.8, 4) is 11.8 Å². The van der Waals surface area contributed by atoms with E-state index in [1.165, 1.54) is 19.5 Å². The molecule has 1 aromatic heterocycles. The smallest absolute Gasteiger partial charge is 0.339 e. The van der Waals surface area contributed by atoms with Crippen molar-refractivity contribution >= 4 is 5.97 Å². The zero-order chi connectivity index (χ0) is 11.8. The third kappa shape index (κ3) is 3.33. The summed E-state index contributed by atoms with van der Waals surface area (Å²) in [6.07, 6.45) is 2.90. The van der Waals surface area contributed by atoms with E-state index in [2.05, 4.69) is 31.6 Å². The van der Waals surface area contributed by atoms with Crippen LogP contribution in [0.4, 0.5) is 0 Å². The van der Waals surface area contributed by atoms with Crippen molar-refractivity contribution in [3.05, 3.63) is 40.0 Å². The molecule has 0 saturated carbocycles. The lowest BCUT2D eigenvalue weighted by Gasteiger charge is -1.97. The van der Waals surface area contributed by atoms with E-state index < -0.39 is 5.97 Å². The monoisotopic (exact) mass is 216 g/mol. The van der Waals surface area contributed by atoms with Crippen molar-refractivity contribution in [1.82, 2.24) is 4.98 Å². The summed E-state index contributed by atoms with van der Waals surface area (Å²) in [4.78, 5) is 17.6. The van der Waals surface area contributed by atoms with Gasteiger partial charge in [-0.05, 0) is 11.6 Å². The number of azide groups is 1. The van der Waals surface area contributed by atoms with Gasteiger partial charge in [0.25, 0.3) is 0 Å². The fourth-order valence-electron chi connectivity index (χ4n) is 0.946. The zero-order valence-corrected chi connectivity index (χ0v) is 8.54. The first-order chi connectivity index (χ1) is 7.77. The summed E-state index contributed by atoms with van der Waals surface area (Å²) >= 11 is 0. The molecule has 0 saturated heterocycles. The van der Waals surface area contributed by atoms with Gasteiger partial charge in [0.15, 0.2) is 0 Å². The lowest BCUT2D eigenvalue weighted by molar-refractivity contribution is 0.0600. The van der Waals surface area contributed by atoms with Gasteiger partial charge in [-0.2, -0.15) is 0 Å². The second kappa shape index (κ2) is 6.06. The Bertz CT molecular complexity index is 495. The predicted molar refractivity (Wildman–Crippen MR) is 56.5 cm³/mol. The van der Waals surface area contributed by atoms with Crippen molar-refractivity contribution in [2.45, 2.75) is 0 Å². The molecule has 0 radical (unpaired) electrons. The highest BCUT2D eigenvalue weighted by molar-refractivity contribution is 5.89. The van der Waals surface area contributed by atoms with Gasteiger partial charge < -0.3 is 4.74 Å². The second-order valence-corrected chi connectivity index (χ2v) is 2.64. The summed E-state index contributed by atoms with van der Waals surface area (Å²) in [7, 11) is 1.29. The quantitative estimate of drug-likeness (QED) is 0.247. The lowest BCUT2D eigenvalue weighted by Crippen LogP contribution is -2.01. The molecule has 0 aliphatic rings. The first-order valence-corrected chi connectivity index (χ1v) is 4.31. The van der Waals surface area contributed by atoms with Crippen LogP contribution >= 0.6 is 0 Å². The van der Waals surface area contributed by atoms with E-state index in [1.54, 1.807) is 6.07 Å². The molecule has 6 heteroatoms. The first kappa shape index (κ1) is 11.6. The van der Waals surface area contributed by atoms with Crippen LogP contribution in [0.2, 0.25) is 0 Å². The highest BCUT2D eigenvalue weighted by Crippen LogP contribution is 2.02. The van der Waals surface area contributed by atoms with Gasteiger partial charge in [-0.1, -0.05) is 17.0 Å². The molecule has 0 fully saturated rings. The summed E-state index contributed by atoms with van der Waals surface area (Å²) in [5, 5.41) is 3.26. The van der Waals surface area contributed by atoms with E-state index in [1.807, 2.05) is 0 Å². The molecule has 0 aromatic carbocycles.